The molecular weight excluding hydrogens is 406 g/mol. The molecule has 32 heavy (non-hydrogen) atoms. The number of nitrogens with one attached hydrogen (secondary N) is 1. The fraction of sp³-hybridized carbons (Fsp3) is 0.269. The van der Waals surface area contributed by atoms with Crippen molar-refractivity contribution >= 4 is 50.2 Å². The second-order valence-corrected chi connectivity index (χ2v) is 7.63. The smallest absolute Gasteiger partial charge is 0.328 e. The Hall–Kier alpha value is -3.67. The summed E-state index contributed by atoms with van der Waals surface area (Å²) in [4.78, 5) is 37.2. The van der Waals surface area contributed by atoms with Crippen LogP contribution in [0.2, 0.25) is 0 Å². The van der Waals surface area contributed by atoms with Gasteiger partial charge in [0.05, 0.1) is 13.2 Å². The summed E-state index contributed by atoms with van der Waals surface area (Å²) >= 11 is 0. The minimum Gasteiger partial charge on any atom is -0.466 e. The van der Waals surface area contributed by atoms with Gasteiger partial charge in [-0.05, 0) is 64.7 Å². The number of carbonyl (C=O) groups excluding carboxylic acids is 3. The summed E-state index contributed by atoms with van der Waals surface area (Å²) in [5.41, 5.74) is 0.446. The van der Waals surface area contributed by atoms with Gasteiger partial charge in [0.1, 0.15) is 6.04 Å². The van der Waals surface area contributed by atoms with Gasteiger partial charge in [0.25, 0.3) is 5.91 Å². The molecule has 0 heterocycles. The Bertz CT molecular complexity index is 1230. The molecule has 0 bridgehead atoms. The van der Waals surface area contributed by atoms with Gasteiger partial charge in [0.2, 0.25) is 0 Å². The molecule has 0 spiro atoms. The lowest BCUT2D eigenvalue weighted by Gasteiger charge is -2.18. The molecule has 1 atom stereocenters. The lowest BCUT2D eigenvalue weighted by atomic mass is 9.93. The normalized spacial score (nSPS) is 12.2. The second-order valence-electron chi connectivity index (χ2n) is 7.63. The Morgan fingerprint density at radius 3 is 1.97 bits per heavy atom. The zero-order valence-corrected chi connectivity index (χ0v) is 18.1. The van der Waals surface area contributed by atoms with Gasteiger partial charge in [-0.2, -0.15) is 0 Å². The first-order valence-electron chi connectivity index (χ1n) is 10.8. The topological polar surface area (TPSA) is 81.7 Å². The lowest BCUT2D eigenvalue weighted by molar-refractivity contribution is -0.146. The fourth-order valence-electron chi connectivity index (χ4n) is 4.11. The number of benzene rings is 4. The quantitative estimate of drug-likeness (QED) is 0.326. The molecule has 4 aromatic rings. The minimum atomic E-state index is -0.933. The van der Waals surface area contributed by atoms with E-state index in [0.717, 1.165) is 26.9 Å². The molecule has 164 valence electrons. The van der Waals surface area contributed by atoms with Crippen LogP contribution in [0.5, 0.6) is 0 Å². The lowest BCUT2D eigenvalue weighted by Crippen LogP contribution is -2.42. The number of hydrogen-bond acceptors (Lipinski definition) is 5. The number of ether oxygens (including phenoxy) is 2. The van der Waals surface area contributed by atoms with E-state index in [9.17, 15) is 14.4 Å². The molecule has 0 saturated carbocycles. The van der Waals surface area contributed by atoms with Crippen molar-refractivity contribution in [2.45, 2.75) is 32.7 Å². The Morgan fingerprint density at radius 2 is 1.38 bits per heavy atom. The summed E-state index contributed by atoms with van der Waals surface area (Å²) in [5, 5.41) is 9.24. The molecule has 4 aromatic carbocycles. The highest BCUT2D eigenvalue weighted by atomic mass is 16.5. The monoisotopic (exact) mass is 431 g/mol. The molecule has 4 rings (SSSR count). The molecule has 0 unspecified atom stereocenters. The summed E-state index contributed by atoms with van der Waals surface area (Å²) in [6, 6.07) is 17.0. The molecule has 0 aromatic heterocycles. The molecule has 0 fully saturated rings. The van der Waals surface area contributed by atoms with E-state index < -0.39 is 23.9 Å². The number of carbonyl (C=O) groups is 3. The molecule has 0 aliphatic heterocycles. The van der Waals surface area contributed by atoms with Crippen LogP contribution in [-0.2, 0) is 19.1 Å². The highest BCUT2D eigenvalue weighted by Crippen LogP contribution is 2.35. The molecule has 0 radical (unpaired) electrons. The highest BCUT2D eigenvalue weighted by Gasteiger charge is 2.24. The van der Waals surface area contributed by atoms with Crippen LogP contribution in [0.4, 0.5) is 0 Å². The van der Waals surface area contributed by atoms with Crippen LogP contribution in [0.3, 0.4) is 0 Å². The number of esters is 2. The Kier molecular flexibility index (Phi) is 6.21. The zero-order chi connectivity index (χ0) is 22.7. The third kappa shape index (κ3) is 4.21. The maximum Gasteiger partial charge on any atom is 0.328 e. The first kappa shape index (κ1) is 21.6. The molecule has 0 aliphatic rings. The van der Waals surface area contributed by atoms with Crippen LogP contribution in [-0.4, -0.2) is 37.1 Å². The first-order valence-corrected chi connectivity index (χ1v) is 10.8. The Balaban J connectivity index is 1.63. The minimum absolute atomic E-state index is 0.0120. The van der Waals surface area contributed by atoms with Gasteiger partial charge >= 0.3 is 11.9 Å². The van der Waals surface area contributed by atoms with Crippen LogP contribution < -0.4 is 5.32 Å². The van der Waals surface area contributed by atoms with Crippen LogP contribution >= 0.6 is 0 Å². The average molecular weight is 431 g/mol. The van der Waals surface area contributed by atoms with Gasteiger partial charge in [-0.15, -0.1) is 0 Å². The van der Waals surface area contributed by atoms with Gasteiger partial charge in [0.15, 0.2) is 0 Å². The van der Waals surface area contributed by atoms with Crippen LogP contribution in [0, 0.1) is 0 Å². The number of hydrogen-bond donors (Lipinski definition) is 1. The Morgan fingerprint density at radius 1 is 0.812 bits per heavy atom. The van der Waals surface area contributed by atoms with E-state index >= 15 is 0 Å². The van der Waals surface area contributed by atoms with E-state index in [-0.39, 0.29) is 26.1 Å². The standard InChI is InChI=1S/C26H25NO5/c1-3-31-22(28)13-12-21(26(30)32-4-2)27-25(29)20-14-18-10-8-16-6-5-7-17-9-11-19(15-20)24(18)23(16)17/h5-11,14-15,21H,3-4,12-13H2,1-2H3,(H,27,29)/t21-/m0/s1. The fourth-order valence-corrected chi connectivity index (χ4v) is 4.11. The maximum atomic E-state index is 13.1. The van der Waals surface area contributed by atoms with Crippen LogP contribution in [0.1, 0.15) is 37.0 Å². The van der Waals surface area contributed by atoms with Crippen molar-refractivity contribution in [3.05, 3.63) is 60.2 Å². The summed E-state index contributed by atoms with van der Waals surface area (Å²) in [7, 11) is 0. The van der Waals surface area contributed by atoms with Crippen molar-refractivity contribution in [1.82, 2.24) is 5.32 Å². The van der Waals surface area contributed by atoms with E-state index in [1.807, 2.05) is 42.5 Å². The molecule has 0 saturated heterocycles. The summed E-state index contributed by atoms with van der Waals surface area (Å²) < 4.78 is 10.0. The average Bonchev–Trinajstić information content (AvgIpc) is 2.80. The van der Waals surface area contributed by atoms with E-state index in [1.165, 1.54) is 5.39 Å². The number of rotatable bonds is 8. The van der Waals surface area contributed by atoms with Gasteiger partial charge in [-0.3, -0.25) is 9.59 Å². The second kappa shape index (κ2) is 9.22. The van der Waals surface area contributed by atoms with Crippen molar-refractivity contribution in [1.29, 1.82) is 0 Å². The summed E-state index contributed by atoms with van der Waals surface area (Å²) in [6.07, 6.45) is 0.121. The largest absolute Gasteiger partial charge is 0.466 e. The van der Waals surface area contributed by atoms with Crippen LogP contribution in [0.15, 0.2) is 54.6 Å². The van der Waals surface area contributed by atoms with E-state index in [4.69, 9.17) is 9.47 Å². The molecule has 1 N–H and O–H groups in total. The van der Waals surface area contributed by atoms with Gasteiger partial charge in [0, 0.05) is 12.0 Å². The molecule has 1 amide bonds. The molecule has 0 aliphatic carbocycles. The predicted octanol–water partition coefficient (Wildman–Crippen LogP) is 4.59. The van der Waals surface area contributed by atoms with Gasteiger partial charge in [-0.1, -0.05) is 42.5 Å². The van der Waals surface area contributed by atoms with E-state index in [1.54, 1.807) is 13.8 Å². The predicted molar refractivity (Wildman–Crippen MR) is 124 cm³/mol. The van der Waals surface area contributed by atoms with Crippen molar-refractivity contribution in [3.8, 4) is 0 Å². The first-order chi connectivity index (χ1) is 15.5. The third-order valence-corrected chi connectivity index (χ3v) is 5.54. The summed E-state index contributed by atoms with van der Waals surface area (Å²) in [6.45, 7) is 3.86. The van der Waals surface area contributed by atoms with E-state index in [2.05, 4.69) is 17.4 Å². The summed E-state index contributed by atoms with van der Waals surface area (Å²) in [5.74, 6) is -1.38. The third-order valence-electron chi connectivity index (χ3n) is 5.54. The van der Waals surface area contributed by atoms with E-state index in [0.29, 0.717) is 5.56 Å². The van der Waals surface area contributed by atoms with Gasteiger partial charge < -0.3 is 14.8 Å². The van der Waals surface area contributed by atoms with Gasteiger partial charge in [-0.25, -0.2) is 4.79 Å². The highest BCUT2D eigenvalue weighted by molar-refractivity contribution is 6.24. The van der Waals surface area contributed by atoms with Crippen molar-refractivity contribution in [3.63, 3.8) is 0 Å². The van der Waals surface area contributed by atoms with Crippen molar-refractivity contribution < 1.29 is 23.9 Å². The number of amides is 1. The maximum absolute atomic E-state index is 13.1. The van der Waals surface area contributed by atoms with Crippen molar-refractivity contribution in [2.75, 3.05) is 13.2 Å². The van der Waals surface area contributed by atoms with Crippen LogP contribution in [0.25, 0.3) is 32.3 Å². The molecule has 6 heteroatoms. The Labute approximate surface area is 185 Å². The zero-order valence-electron chi connectivity index (χ0n) is 18.1. The van der Waals surface area contributed by atoms with Crippen molar-refractivity contribution in [2.24, 2.45) is 0 Å². The molecule has 6 nitrogen and oxygen atoms in total. The SMILES string of the molecule is CCOC(=O)CC[C@H](NC(=O)c1cc2ccc3cccc4ccc(c1)c2c34)C(=O)OCC. The molecular formula is C26H25NO5.